The second-order valence-corrected chi connectivity index (χ2v) is 7.82. The van der Waals surface area contributed by atoms with E-state index < -0.39 is 0 Å². The number of rotatable bonds is 8. The minimum Gasteiger partial charge on any atom is -0.322 e. The van der Waals surface area contributed by atoms with Crippen molar-refractivity contribution in [2.75, 3.05) is 11.9 Å². The first-order valence-corrected chi connectivity index (χ1v) is 10.4. The van der Waals surface area contributed by atoms with Gasteiger partial charge in [-0.2, -0.15) is 0 Å². The fourth-order valence-corrected chi connectivity index (χ4v) is 3.59. The smallest absolute Gasteiger partial charge is 0.239 e. The number of nitrogens with two attached hydrogens (primary N) is 1. The van der Waals surface area contributed by atoms with Crippen molar-refractivity contribution in [3.05, 3.63) is 53.7 Å². The predicted molar refractivity (Wildman–Crippen MR) is 117 cm³/mol. The topological polar surface area (TPSA) is 98.0 Å². The van der Waals surface area contributed by atoms with Crippen molar-refractivity contribution >= 4 is 28.2 Å². The minimum absolute atomic E-state index is 0.0439. The standard InChI is InChI=1S/C22H24N4O2S/c1-14(15(2)27)6-7-19-11-17(8-9-24-19)16-4-3-5-18(10-16)20-13-29-22(25-20)26-21(28)12-23/h3-5,8-11,13-14H,6-7,12,23H2,1-2H3,(H,25,26,28). The minimum atomic E-state index is -0.261. The van der Waals surface area contributed by atoms with Crippen LogP contribution in [0, 0.1) is 5.92 Å². The molecule has 0 saturated heterocycles. The van der Waals surface area contributed by atoms with E-state index in [0.717, 1.165) is 40.9 Å². The van der Waals surface area contributed by atoms with Gasteiger partial charge in [-0.05, 0) is 49.1 Å². The average Bonchev–Trinajstić information content (AvgIpc) is 3.20. The van der Waals surface area contributed by atoms with Crippen LogP contribution in [0.25, 0.3) is 22.4 Å². The number of nitrogens with one attached hydrogen (secondary N) is 1. The maximum Gasteiger partial charge on any atom is 0.239 e. The molecule has 6 nitrogen and oxygen atoms in total. The Morgan fingerprint density at radius 1 is 1.17 bits per heavy atom. The molecular formula is C22H24N4O2S. The molecule has 7 heteroatoms. The van der Waals surface area contributed by atoms with Crippen LogP contribution in [0.5, 0.6) is 0 Å². The highest BCUT2D eigenvalue weighted by molar-refractivity contribution is 7.14. The molecular weight excluding hydrogens is 384 g/mol. The van der Waals surface area contributed by atoms with Crippen molar-refractivity contribution in [3.8, 4) is 22.4 Å². The number of amides is 1. The van der Waals surface area contributed by atoms with Gasteiger partial charge in [-0.1, -0.05) is 25.1 Å². The van der Waals surface area contributed by atoms with E-state index in [1.54, 1.807) is 13.1 Å². The Morgan fingerprint density at radius 2 is 1.93 bits per heavy atom. The summed E-state index contributed by atoms with van der Waals surface area (Å²) in [7, 11) is 0. The van der Waals surface area contributed by atoms with Crippen molar-refractivity contribution in [2.24, 2.45) is 11.7 Å². The van der Waals surface area contributed by atoms with E-state index >= 15 is 0 Å². The molecule has 0 radical (unpaired) electrons. The summed E-state index contributed by atoms with van der Waals surface area (Å²) < 4.78 is 0. The zero-order chi connectivity index (χ0) is 20.8. The Balaban J connectivity index is 1.78. The summed E-state index contributed by atoms with van der Waals surface area (Å²) >= 11 is 1.37. The molecule has 1 aromatic carbocycles. The maximum atomic E-state index is 11.4. The summed E-state index contributed by atoms with van der Waals surface area (Å²) in [6, 6.07) is 12.1. The van der Waals surface area contributed by atoms with Crippen LogP contribution in [-0.4, -0.2) is 28.2 Å². The third-order valence-electron chi connectivity index (χ3n) is 4.77. The number of nitrogens with zero attached hydrogens (tertiary/aromatic N) is 2. The molecule has 0 saturated carbocycles. The number of carbonyl (C=O) groups is 2. The van der Waals surface area contributed by atoms with Gasteiger partial charge in [-0.3, -0.25) is 14.6 Å². The van der Waals surface area contributed by atoms with Gasteiger partial charge in [0.15, 0.2) is 5.13 Å². The molecule has 0 spiro atoms. The van der Waals surface area contributed by atoms with E-state index in [4.69, 9.17) is 5.73 Å². The number of ketones is 1. The van der Waals surface area contributed by atoms with Crippen LogP contribution in [0.1, 0.15) is 26.0 Å². The van der Waals surface area contributed by atoms with Gasteiger partial charge >= 0.3 is 0 Å². The Bertz CT molecular complexity index is 1020. The number of anilines is 1. The van der Waals surface area contributed by atoms with Crippen LogP contribution in [0.3, 0.4) is 0 Å². The number of aromatic nitrogens is 2. The SMILES string of the molecule is CC(=O)C(C)CCc1cc(-c2cccc(-c3csc(NC(=O)CN)n3)c2)ccn1. The summed E-state index contributed by atoms with van der Waals surface area (Å²) in [4.78, 5) is 31.8. The number of carbonyl (C=O) groups excluding carboxylic acids is 2. The van der Waals surface area contributed by atoms with E-state index in [-0.39, 0.29) is 24.2 Å². The van der Waals surface area contributed by atoms with Gasteiger partial charge in [0.2, 0.25) is 5.91 Å². The molecule has 0 bridgehead atoms. The van der Waals surface area contributed by atoms with Crippen LogP contribution in [0.4, 0.5) is 5.13 Å². The Labute approximate surface area is 174 Å². The van der Waals surface area contributed by atoms with E-state index in [9.17, 15) is 9.59 Å². The largest absolute Gasteiger partial charge is 0.322 e. The van der Waals surface area contributed by atoms with Crippen molar-refractivity contribution in [1.29, 1.82) is 0 Å². The van der Waals surface area contributed by atoms with Crippen LogP contribution < -0.4 is 11.1 Å². The molecule has 29 heavy (non-hydrogen) atoms. The van der Waals surface area contributed by atoms with Crippen molar-refractivity contribution in [1.82, 2.24) is 9.97 Å². The van der Waals surface area contributed by atoms with E-state index in [0.29, 0.717) is 5.13 Å². The molecule has 0 aliphatic rings. The second-order valence-electron chi connectivity index (χ2n) is 6.96. The molecule has 150 valence electrons. The van der Waals surface area contributed by atoms with Crippen LogP contribution in [0.2, 0.25) is 0 Å². The first-order valence-electron chi connectivity index (χ1n) is 9.48. The van der Waals surface area contributed by atoms with Gasteiger partial charge in [-0.15, -0.1) is 11.3 Å². The molecule has 2 aromatic heterocycles. The van der Waals surface area contributed by atoms with Crippen molar-refractivity contribution in [2.45, 2.75) is 26.7 Å². The number of hydrogen-bond donors (Lipinski definition) is 2. The van der Waals surface area contributed by atoms with Crippen LogP contribution in [0.15, 0.2) is 48.0 Å². The van der Waals surface area contributed by atoms with Crippen molar-refractivity contribution in [3.63, 3.8) is 0 Å². The number of benzene rings is 1. The Hall–Kier alpha value is -2.90. The lowest BCUT2D eigenvalue weighted by Gasteiger charge is -2.09. The molecule has 0 aliphatic carbocycles. The van der Waals surface area contributed by atoms with Gasteiger partial charge in [0.1, 0.15) is 5.78 Å². The Kier molecular flexibility index (Phi) is 6.85. The lowest BCUT2D eigenvalue weighted by molar-refractivity contribution is -0.120. The predicted octanol–water partition coefficient (Wildman–Crippen LogP) is 3.93. The molecule has 0 aliphatic heterocycles. The third kappa shape index (κ3) is 5.56. The highest BCUT2D eigenvalue weighted by Crippen LogP contribution is 2.29. The van der Waals surface area contributed by atoms with Gasteiger partial charge in [0.05, 0.1) is 12.2 Å². The quantitative estimate of drug-likeness (QED) is 0.588. The molecule has 2 heterocycles. The van der Waals surface area contributed by atoms with Crippen LogP contribution in [-0.2, 0) is 16.0 Å². The number of hydrogen-bond acceptors (Lipinski definition) is 6. The lowest BCUT2D eigenvalue weighted by Crippen LogP contribution is -2.21. The third-order valence-corrected chi connectivity index (χ3v) is 5.53. The average molecular weight is 409 g/mol. The van der Waals surface area contributed by atoms with E-state index in [1.165, 1.54) is 11.3 Å². The molecule has 3 rings (SSSR count). The highest BCUT2D eigenvalue weighted by atomic mass is 32.1. The van der Waals surface area contributed by atoms with Crippen LogP contribution >= 0.6 is 11.3 Å². The lowest BCUT2D eigenvalue weighted by atomic mass is 9.98. The second kappa shape index (κ2) is 9.54. The number of aryl methyl sites for hydroxylation is 1. The molecule has 3 N–H and O–H groups in total. The first kappa shape index (κ1) is 20.8. The number of thiazole rings is 1. The van der Waals surface area contributed by atoms with Gasteiger partial charge in [0, 0.05) is 28.8 Å². The summed E-state index contributed by atoms with van der Waals surface area (Å²) in [5.74, 6) is -0.00963. The molecule has 3 aromatic rings. The zero-order valence-electron chi connectivity index (χ0n) is 16.5. The van der Waals surface area contributed by atoms with Gasteiger partial charge < -0.3 is 11.1 Å². The number of pyridine rings is 1. The van der Waals surface area contributed by atoms with E-state index in [2.05, 4.69) is 27.4 Å². The summed E-state index contributed by atoms with van der Waals surface area (Å²) in [6.45, 7) is 3.51. The maximum absolute atomic E-state index is 11.4. The molecule has 1 atom stereocenters. The monoisotopic (exact) mass is 408 g/mol. The molecule has 1 unspecified atom stereocenters. The zero-order valence-corrected chi connectivity index (χ0v) is 17.3. The van der Waals surface area contributed by atoms with Gasteiger partial charge in [-0.25, -0.2) is 4.98 Å². The van der Waals surface area contributed by atoms with Gasteiger partial charge in [0.25, 0.3) is 0 Å². The fraction of sp³-hybridized carbons (Fsp3) is 0.273. The number of Topliss-reactive ketones (excluding diaryl/α,β-unsaturated/α-hetero) is 1. The summed E-state index contributed by atoms with van der Waals surface area (Å²) in [5.41, 5.74) is 10.2. The first-order chi connectivity index (χ1) is 14.0. The summed E-state index contributed by atoms with van der Waals surface area (Å²) in [6.07, 6.45) is 3.37. The fourth-order valence-electron chi connectivity index (χ4n) is 2.85. The summed E-state index contributed by atoms with van der Waals surface area (Å²) in [5, 5.41) is 5.12. The van der Waals surface area contributed by atoms with E-state index in [1.807, 2.05) is 36.6 Å². The molecule has 1 amide bonds. The normalized spacial score (nSPS) is 11.8. The highest BCUT2D eigenvalue weighted by Gasteiger charge is 2.10. The Morgan fingerprint density at radius 3 is 2.69 bits per heavy atom. The van der Waals surface area contributed by atoms with Crippen molar-refractivity contribution < 1.29 is 9.59 Å². The molecule has 0 fully saturated rings.